The van der Waals surface area contributed by atoms with Crippen LogP contribution in [-0.2, 0) is 10.0 Å². The molecule has 0 aliphatic rings. The van der Waals surface area contributed by atoms with Crippen LogP contribution in [0.15, 0.2) is 0 Å². The summed E-state index contributed by atoms with van der Waals surface area (Å²) in [5, 5.41) is 3.19. The normalized spacial score (nSPS) is 12.9. The van der Waals surface area contributed by atoms with Crippen molar-refractivity contribution in [1.82, 2.24) is 10.0 Å². The van der Waals surface area contributed by atoms with Crippen LogP contribution in [-0.4, -0.2) is 32.8 Å². The maximum absolute atomic E-state index is 11.9. The Morgan fingerprint density at radius 3 is 2.12 bits per heavy atom. The Hall–Kier alpha value is -0.130. The Balaban J connectivity index is 4.04. The van der Waals surface area contributed by atoms with Gasteiger partial charge in [-0.05, 0) is 45.7 Å². The van der Waals surface area contributed by atoms with Crippen molar-refractivity contribution in [2.45, 2.75) is 58.9 Å². The summed E-state index contributed by atoms with van der Waals surface area (Å²) in [4.78, 5) is 0. The summed E-state index contributed by atoms with van der Waals surface area (Å²) in [5.74, 6) is 0.230. The monoisotopic (exact) mass is 264 g/mol. The molecule has 0 spiro atoms. The van der Waals surface area contributed by atoms with Crippen molar-refractivity contribution in [3.63, 3.8) is 0 Å². The quantitative estimate of drug-likeness (QED) is 0.592. The Bertz CT molecular complexity index is 285. The molecule has 0 aromatic carbocycles. The van der Waals surface area contributed by atoms with E-state index in [1.54, 1.807) is 0 Å². The average molecular weight is 264 g/mol. The first-order chi connectivity index (χ1) is 7.89. The zero-order valence-corrected chi connectivity index (χ0v) is 12.5. The summed E-state index contributed by atoms with van der Waals surface area (Å²) in [6.45, 7) is 9.86. The van der Waals surface area contributed by atoms with Crippen molar-refractivity contribution in [1.29, 1.82) is 0 Å². The molecule has 0 saturated carbocycles. The molecule has 0 bridgehead atoms. The minimum Gasteiger partial charge on any atom is -0.317 e. The van der Waals surface area contributed by atoms with Gasteiger partial charge in [-0.1, -0.05) is 20.8 Å². The second kappa shape index (κ2) is 8.06. The molecule has 0 saturated heterocycles. The Morgan fingerprint density at radius 1 is 1.06 bits per heavy atom. The fraction of sp³-hybridized carbons (Fsp3) is 1.00. The highest BCUT2D eigenvalue weighted by Gasteiger charge is 2.25. The lowest BCUT2D eigenvalue weighted by Crippen LogP contribution is -2.45. The van der Waals surface area contributed by atoms with E-state index in [9.17, 15) is 8.42 Å². The minimum absolute atomic E-state index is 0.230. The molecule has 0 rings (SSSR count). The van der Waals surface area contributed by atoms with Gasteiger partial charge in [-0.25, -0.2) is 13.1 Å². The van der Waals surface area contributed by atoms with E-state index < -0.39 is 10.0 Å². The van der Waals surface area contributed by atoms with E-state index in [1.807, 2.05) is 27.7 Å². The van der Waals surface area contributed by atoms with E-state index in [1.165, 1.54) is 0 Å². The van der Waals surface area contributed by atoms with E-state index in [2.05, 4.69) is 10.0 Å². The van der Waals surface area contributed by atoms with Gasteiger partial charge in [-0.3, -0.25) is 0 Å². The second-order valence-electron chi connectivity index (χ2n) is 4.75. The summed E-state index contributed by atoms with van der Waals surface area (Å²) in [6.07, 6.45) is 3.26. The first-order valence-electron chi connectivity index (χ1n) is 6.61. The van der Waals surface area contributed by atoms with Gasteiger partial charge in [-0.15, -0.1) is 0 Å². The predicted octanol–water partition coefficient (Wildman–Crippen LogP) is 1.87. The lowest BCUT2D eigenvalue weighted by molar-refractivity contribution is 0.388. The molecule has 0 aromatic heterocycles. The smallest absolute Gasteiger partial charge is 0.212 e. The molecule has 104 valence electrons. The maximum atomic E-state index is 11.9. The van der Waals surface area contributed by atoms with E-state index in [4.69, 9.17) is 0 Å². The van der Waals surface area contributed by atoms with Crippen molar-refractivity contribution < 1.29 is 8.42 Å². The van der Waals surface area contributed by atoms with E-state index in [-0.39, 0.29) is 11.3 Å². The number of unbranched alkanes of at least 4 members (excludes halogenated alkanes) is 1. The van der Waals surface area contributed by atoms with Gasteiger partial charge in [0.05, 0.1) is 5.75 Å². The molecule has 0 atom stereocenters. The Labute approximate surface area is 107 Å². The number of sulfonamides is 1. The molecule has 0 unspecified atom stereocenters. The Morgan fingerprint density at radius 2 is 1.65 bits per heavy atom. The zero-order valence-electron chi connectivity index (χ0n) is 11.7. The number of rotatable bonds is 10. The highest BCUT2D eigenvalue weighted by molar-refractivity contribution is 7.89. The van der Waals surface area contributed by atoms with Crippen molar-refractivity contribution in [3.8, 4) is 0 Å². The molecular formula is C12H28N2O2S. The highest BCUT2D eigenvalue weighted by Crippen LogP contribution is 2.15. The summed E-state index contributed by atoms with van der Waals surface area (Å²) in [5.41, 5.74) is -0.291. The molecule has 0 aliphatic heterocycles. The van der Waals surface area contributed by atoms with E-state index >= 15 is 0 Å². The molecule has 17 heavy (non-hydrogen) atoms. The van der Waals surface area contributed by atoms with Gasteiger partial charge in [0.15, 0.2) is 0 Å². The van der Waals surface area contributed by atoms with Crippen LogP contribution in [0.25, 0.3) is 0 Å². The molecule has 2 N–H and O–H groups in total. The molecular weight excluding hydrogens is 236 g/mol. The maximum Gasteiger partial charge on any atom is 0.212 e. The summed E-state index contributed by atoms with van der Waals surface area (Å²) in [6, 6.07) is 0. The first kappa shape index (κ1) is 16.9. The molecule has 5 heteroatoms. The van der Waals surface area contributed by atoms with Crippen LogP contribution in [0, 0.1) is 0 Å². The highest BCUT2D eigenvalue weighted by atomic mass is 32.2. The number of hydrogen-bond donors (Lipinski definition) is 2. The largest absolute Gasteiger partial charge is 0.317 e. The van der Waals surface area contributed by atoms with Gasteiger partial charge in [0.25, 0.3) is 0 Å². The van der Waals surface area contributed by atoms with Gasteiger partial charge < -0.3 is 5.32 Å². The lowest BCUT2D eigenvalue weighted by Gasteiger charge is -2.27. The van der Waals surface area contributed by atoms with E-state index in [0.29, 0.717) is 6.42 Å². The summed E-state index contributed by atoms with van der Waals surface area (Å²) >= 11 is 0. The molecule has 0 fully saturated rings. The number of hydrogen-bond acceptors (Lipinski definition) is 3. The van der Waals surface area contributed by atoms with Gasteiger partial charge >= 0.3 is 0 Å². The Kier molecular flexibility index (Phi) is 8.00. The fourth-order valence-corrected chi connectivity index (χ4v) is 3.27. The van der Waals surface area contributed by atoms with Crippen LogP contribution in [0.4, 0.5) is 0 Å². The third-order valence-corrected chi connectivity index (χ3v) is 4.86. The summed E-state index contributed by atoms with van der Waals surface area (Å²) in [7, 11) is -3.13. The first-order valence-corrected chi connectivity index (χ1v) is 8.26. The predicted molar refractivity (Wildman–Crippen MR) is 73.7 cm³/mol. The van der Waals surface area contributed by atoms with Crippen molar-refractivity contribution >= 4 is 10.0 Å². The molecule has 0 aromatic rings. The fourth-order valence-electron chi connectivity index (χ4n) is 1.54. The van der Waals surface area contributed by atoms with Gasteiger partial charge in [0.1, 0.15) is 0 Å². The molecule has 0 aliphatic carbocycles. The van der Waals surface area contributed by atoms with Crippen LogP contribution in [0.1, 0.15) is 53.4 Å². The standard InChI is InChI=1S/C12H28N2O2S/c1-5-12(4,6-2)14-17(15,16)11-9-8-10-13-7-3/h13-14H,5-11H2,1-4H3. The second-order valence-corrected chi connectivity index (χ2v) is 6.59. The SMILES string of the molecule is CCNCCCCS(=O)(=O)NC(C)(CC)CC. The minimum atomic E-state index is -3.13. The summed E-state index contributed by atoms with van der Waals surface area (Å²) < 4.78 is 26.5. The average Bonchev–Trinajstić information content (AvgIpc) is 2.28. The van der Waals surface area contributed by atoms with Crippen molar-refractivity contribution in [2.75, 3.05) is 18.8 Å². The van der Waals surface area contributed by atoms with Crippen molar-refractivity contribution in [2.24, 2.45) is 0 Å². The van der Waals surface area contributed by atoms with Gasteiger partial charge in [0, 0.05) is 5.54 Å². The van der Waals surface area contributed by atoms with E-state index in [0.717, 1.165) is 32.4 Å². The van der Waals surface area contributed by atoms with Gasteiger partial charge in [-0.2, -0.15) is 0 Å². The van der Waals surface area contributed by atoms with Crippen LogP contribution in [0.3, 0.4) is 0 Å². The lowest BCUT2D eigenvalue weighted by atomic mass is 9.98. The third kappa shape index (κ3) is 7.73. The molecule has 0 heterocycles. The molecule has 0 amide bonds. The van der Waals surface area contributed by atoms with Crippen LogP contribution >= 0.6 is 0 Å². The molecule has 4 nitrogen and oxygen atoms in total. The van der Waals surface area contributed by atoms with Crippen molar-refractivity contribution in [3.05, 3.63) is 0 Å². The third-order valence-electron chi connectivity index (χ3n) is 3.23. The molecule has 0 radical (unpaired) electrons. The van der Waals surface area contributed by atoms with Crippen LogP contribution in [0.5, 0.6) is 0 Å². The topological polar surface area (TPSA) is 58.2 Å². The number of nitrogens with one attached hydrogen (secondary N) is 2. The van der Waals surface area contributed by atoms with Crippen LogP contribution < -0.4 is 10.0 Å². The van der Waals surface area contributed by atoms with Gasteiger partial charge in [0.2, 0.25) is 10.0 Å². The van der Waals surface area contributed by atoms with Crippen LogP contribution in [0.2, 0.25) is 0 Å². The zero-order chi connectivity index (χ0) is 13.4.